The quantitative estimate of drug-likeness (QED) is 0.697. The molecule has 1 amide bonds. The molecule has 0 aliphatic carbocycles. The third-order valence-corrected chi connectivity index (χ3v) is 3.85. The molecule has 0 unspecified atom stereocenters. The highest BCUT2D eigenvalue weighted by atomic mass is 16.5. The Kier molecular flexibility index (Phi) is 6.35. The lowest BCUT2D eigenvalue weighted by atomic mass is 10.2. The van der Waals surface area contributed by atoms with Crippen LogP contribution in [0.3, 0.4) is 0 Å². The summed E-state index contributed by atoms with van der Waals surface area (Å²) < 4.78 is 6.65. The monoisotopic (exact) mass is 331 g/mol. The van der Waals surface area contributed by atoms with Crippen LogP contribution >= 0.6 is 0 Å². The number of nitrogens with zero attached hydrogens (tertiary/aromatic N) is 3. The van der Waals surface area contributed by atoms with E-state index in [1.807, 2.05) is 28.8 Å². The Morgan fingerprint density at radius 2 is 2.00 bits per heavy atom. The maximum atomic E-state index is 12.6. The number of imidazole rings is 1. The highest BCUT2D eigenvalue weighted by molar-refractivity contribution is 5.78. The van der Waals surface area contributed by atoms with Gasteiger partial charge >= 0.3 is 5.97 Å². The van der Waals surface area contributed by atoms with Crippen LogP contribution < -0.4 is 0 Å². The van der Waals surface area contributed by atoms with Gasteiger partial charge in [-0.15, -0.1) is 0 Å². The van der Waals surface area contributed by atoms with Gasteiger partial charge in [0.15, 0.2) is 0 Å². The molecule has 0 saturated carbocycles. The van der Waals surface area contributed by atoms with Crippen molar-refractivity contribution in [1.29, 1.82) is 0 Å². The Bertz CT molecular complexity index is 694. The molecule has 0 fully saturated rings. The van der Waals surface area contributed by atoms with E-state index >= 15 is 0 Å². The number of carbonyl (C=O) groups is 2. The van der Waals surface area contributed by atoms with Crippen LogP contribution in [0.15, 0.2) is 30.6 Å². The largest absolute Gasteiger partial charge is 0.469 e. The molecule has 1 heterocycles. The number of fused-ring (bicyclic) bond motifs is 1. The lowest BCUT2D eigenvalue weighted by Gasteiger charge is -2.24. The topological polar surface area (TPSA) is 64.4 Å². The summed E-state index contributed by atoms with van der Waals surface area (Å²) in [5.41, 5.74) is 1.95. The summed E-state index contributed by atoms with van der Waals surface area (Å²) in [6, 6.07) is 7.86. The molecular formula is C18H25N3O3. The molecule has 1 aromatic heterocycles. The van der Waals surface area contributed by atoms with E-state index in [-0.39, 0.29) is 18.3 Å². The third kappa shape index (κ3) is 4.81. The fraction of sp³-hybridized carbons (Fsp3) is 0.500. The minimum Gasteiger partial charge on any atom is -0.469 e. The summed E-state index contributed by atoms with van der Waals surface area (Å²) in [4.78, 5) is 30.0. The van der Waals surface area contributed by atoms with Crippen LogP contribution in [-0.4, -0.2) is 46.5 Å². The van der Waals surface area contributed by atoms with E-state index < -0.39 is 0 Å². The molecule has 0 aliphatic heterocycles. The molecule has 1 aromatic carbocycles. The zero-order valence-electron chi connectivity index (χ0n) is 14.6. The third-order valence-electron chi connectivity index (χ3n) is 3.85. The molecule has 0 saturated heterocycles. The fourth-order valence-corrected chi connectivity index (χ4v) is 2.65. The number of aryl methyl sites for hydroxylation is 1. The number of methoxy groups -OCH3 is 1. The number of hydrogen-bond donors (Lipinski definition) is 0. The van der Waals surface area contributed by atoms with Gasteiger partial charge in [0.05, 0.1) is 30.9 Å². The summed E-state index contributed by atoms with van der Waals surface area (Å²) >= 11 is 0. The highest BCUT2D eigenvalue weighted by Gasteiger charge is 2.17. The van der Waals surface area contributed by atoms with Crippen molar-refractivity contribution in [3.8, 4) is 0 Å². The second-order valence-corrected chi connectivity index (χ2v) is 6.24. The molecule has 24 heavy (non-hydrogen) atoms. The summed E-state index contributed by atoms with van der Waals surface area (Å²) in [7, 11) is 1.36. The standard InChI is InChI=1S/C18H25N3O3/c1-14(2)12-20(11-9-18(23)24-3)17(22)8-10-21-13-19-15-6-4-5-7-16(15)21/h4-7,13-14H,8-12H2,1-3H3. The van der Waals surface area contributed by atoms with Crippen LogP contribution in [0.2, 0.25) is 0 Å². The SMILES string of the molecule is COC(=O)CCN(CC(C)C)C(=O)CCn1cnc2ccccc21. The van der Waals surface area contributed by atoms with Gasteiger partial charge in [0.2, 0.25) is 5.91 Å². The predicted octanol–water partition coefficient (Wildman–Crippen LogP) is 2.47. The molecule has 6 nitrogen and oxygen atoms in total. The Hall–Kier alpha value is -2.37. The van der Waals surface area contributed by atoms with E-state index in [1.165, 1.54) is 7.11 Å². The second-order valence-electron chi connectivity index (χ2n) is 6.24. The van der Waals surface area contributed by atoms with E-state index in [0.29, 0.717) is 32.0 Å². The van der Waals surface area contributed by atoms with Crippen molar-refractivity contribution in [1.82, 2.24) is 14.5 Å². The average molecular weight is 331 g/mol. The molecule has 0 bridgehead atoms. The smallest absolute Gasteiger partial charge is 0.307 e. The van der Waals surface area contributed by atoms with Crippen molar-refractivity contribution in [2.24, 2.45) is 5.92 Å². The summed E-state index contributed by atoms with van der Waals surface area (Å²) in [5.74, 6) is 0.100. The Morgan fingerprint density at radius 3 is 2.71 bits per heavy atom. The first-order valence-electron chi connectivity index (χ1n) is 8.25. The highest BCUT2D eigenvalue weighted by Crippen LogP contribution is 2.13. The number of ether oxygens (including phenoxy) is 1. The minimum atomic E-state index is -0.294. The molecule has 2 rings (SSSR count). The zero-order valence-corrected chi connectivity index (χ0v) is 14.6. The average Bonchev–Trinajstić information content (AvgIpc) is 2.99. The second kappa shape index (κ2) is 8.47. The molecule has 6 heteroatoms. The number of amides is 1. The Labute approximate surface area is 142 Å². The van der Waals surface area contributed by atoms with Gasteiger partial charge in [0.1, 0.15) is 0 Å². The summed E-state index contributed by atoms with van der Waals surface area (Å²) in [5, 5.41) is 0. The van der Waals surface area contributed by atoms with E-state index in [4.69, 9.17) is 0 Å². The van der Waals surface area contributed by atoms with E-state index in [2.05, 4.69) is 23.6 Å². The Balaban J connectivity index is 1.97. The number of para-hydroxylation sites is 2. The first-order valence-corrected chi connectivity index (χ1v) is 8.25. The molecule has 0 N–H and O–H groups in total. The van der Waals surface area contributed by atoms with Crippen LogP contribution in [0.1, 0.15) is 26.7 Å². The normalized spacial score (nSPS) is 11.0. The van der Waals surface area contributed by atoms with Crippen LogP contribution in [0.25, 0.3) is 11.0 Å². The van der Waals surface area contributed by atoms with Gasteiger partial charge in [0, 0.05) is 26.1 Å². The van der Waals surface area contributed by atoms with Crippen molar-refractivity contribution in [3.63, 3.8) is 0 Å². The molecule has 0 aliphatic rings. The van der Waals surface area contributed by atoms with Gasteiger partial charge < -0.3 is 14.2 Å². The van der Waals surface area contributed by atoms with Gasteiger partial charge in [-0.05, 0) is 18.1 Å². The van der Waals surface area contributed by atoms with Crippen LogP contribution in [0.4, 0.5) is 0 Å². The maximum Gasteiger partial charge on any atom is 0.307 e. The maximum absolute atomic E-state index is 12.6. The van der Waals surface area contributed by atoms with Crippen molar-refractivity contribution in [2.75, 3.05) is 20.2 Å². The van der Waals surface area contributed by atoms with Crippen LogP contribution in [0.5, 0.6) is 0 Å². The molecule has 0 spiro atoms. The van der Waals surface area contributed by atoms with Crippen molar-refractivity contribution >= 4 is 22.9 Å². The van der Waals surface area contributed by atoms with Crippen molar-refractivity contribution < 1.29 is 14.3 Å². The first kappa shape index (κ1) is 18.0. The fourth-order valence-electron chi connectivity index (χ4n) is 2.65. The minimum absolute atomic E-state index is 0.0467. The lowest BCUT2D eigenvalue weighted by Crippen LogP contribution is -2.36. The molecule has 130 valence electrons. The molecule has 2 aromatic rings. The number of carbonyl (C=O) groups excluding carboxylic acids is 2. The predicted molar refractivity (Wildman–Crippen MR) is 92.4 cm³/mol. The number of rotatable bonds is 8. The van der Waals surface area contributed by atoms with Gasteiger partial charge in [-0.2, -0.15) is 0 Å². The van der Waals surface area contributed by atoms with Gasteiger partial charge in [-0.3, -0.25) is 9.59 Å². The summed E-state index contributed by atoms with van der Waals surface area (Å²) in [6.45, 7) is 5.73. The first-order chi connectivity index (χ1) is 11.5. The lowest BCUT2D eigenvalue weighted by molar-refractivity contribution is -0.142. The molecular weight excluding hydrogens is 306 g/mol. The Morgan fingerprint density at radius 1 is 1.25 bits per heavy atom. The van der Waals surface area contributed by atoms with E-state index in [0.717, 1.165) is 11.0 Å². The van der Waals surface area contributed by atoms with Gasteiger partial charge in [-0.1, -0.05) is 26.0 Å². The van der Waals surface area contributed by atoms with Gasteiger partial charge in [-0.25, -0.2) is 4.98 Å². The number of hydrogen-bond acceptors (Lipinski definition) is 4. The summed E-state index contributed by atoms with van der Waals surface area (Å²) in [6.07, 6.45) is 2.37. The zero-order chi connectivity index (χ0) is 17.5. The van der Waals surface area contributed by atoms with Crippen molar-refractivity contribution in [2.45, 2.75) is 33.2 Å². The molecule has 0 atom stereocenters. The number of esters is 1. The van der Waals surface area contributed by atoms with E-state index in [1.54, 1.807) is 11.2 Å². The van der Waals surface area contributed by atoms with Gasteiger partial charge in [0.25, 0.3) is 0 Å². The number of aromatic nitrogens is 2. The van der Waals surface area contributed by atoms with E-state index in [9.17, 15) is 9.59 Å². The van der Waals surface area contributed by atoms with Crippen LogP contribution in [0, 0.1) is 5.92 Å². The van der Waals surface area contributed by atoms with Crippen molar-refractivity contribution in [3.05, 3.63) is 30.6 Å². The number of benzene rings is 1. The van der Waals surface area contributed by atoms with Crippen LogP contribution in [-0.2, 0) is 20.9 Å². The molecule has 0 radical (unpaired) electrons.